The summed E-state index contributed by atoms with van der Waals surface area (Å²) >= 11 is 3.29. The van der Waals surface area contributed by atoms with E-state index in [9.17, 15) is 9.18 Å². The van der Waals surface area contributed by atoms with Crippen LogP contribution in [0.15, 0.2) is 40.1 Å². The van der Waals surface area contributed by atoms with Crippen LogP contribution < -0.4 is 10.2 Å². The molecule has 9 heteroatoms. The number of amides is 1. The first-order valence-corrected chi connectivity index (χ1v) is 9.53. The molecule has 0 radical (unpaired) electrons. The topological polar surface area (TPSA) is 65.8 Å². The number of carbonyl (C=O) groups is 1. The Morgan fingerprint density at radius 2 is 2.19 bits per heavy atom. The van der Waals surface area contributed by atoms with Gasteiger partial charge in [-0.2, -0.15) is 5.10 Å². The monoisotopic (exact) mass is 436 g/mol. The molecule has 1 aliphatic rings. The minimum Gasteiger partial charge on any atom is -0.356 e. The van der Waals surface area contributed by atoms with Gasteiger partial charge in [0.05, 0.1) is 18.4 Å². The molecule has 144 valence electrons. The van der Waals surface area contributed by atoms with Crippen molar-refractivity contribution in [1.82, 2.24) is 20.0 Å². The van der Waals surface area contributed by atoms with Gasteiger partial charge in [0, 0.05) is 37.4 Å². The highest BCUT2D eigenvalue weighted by Crippen LogP contribution is 2.17. The quantitative estimate of drug-likeness (QED) is 0.588. The average Bonchev–Trinajstić information content (AvgIpc) is 3.04. The number of aryl methyl sites for hydroxylation is 1. The Hall–Kier alpha value is -2.42. The molecular formula is C18H22BrFN6O. The molecule has 2 aromatic rings. The van der Waals surface area contributed by atoms with Crippen molar-refractivity contribution in [2.24, 2.45) is 12.0 Å². The van der Waals surface area contributed by atoms with Gasteiger partial charge in [-0.3, -0.25) is 9.48 Å². The third-order valence-corrected chi connectivity index (χ3v) is 4.65. The minimum atomic E-state index is -0.306. The van der Waals surface area contributed by atoms with Gasteiger partial charge in [0.15, 0.2) is 5.96 Å². The first-order valence-electron chi connectivity index (χ1n) is 8.73. The number of piperazine rings is 1. The van der Waals surface area contributed by atoms with Crippen LogP contribution in [-0.4, -0.2) is 52.7 Å². The van der Waals surface area contributed by atoms with Crippen LogP contribution >= 0.6 is 15.9 Å². The largest absolute Gasteiger partial charge is 0.356 e. The second kappa shape index (κ2) is 8.51. The average molecular weight is 437 g/mol. The molecule has 0 unspecified atom stereocenters. The van der Waals surface area contributed by atoms with Crippen molar-refractivity contribution < 1.29 is 9.18 Å². The summed E-state index contributed by atoms with van der Waals surface area (Å²) in [6, 6.07) is 4.71. The first kappa shape index (κ1) is 19.3. The van der Waals surface area contributed by atoms with Gasteiger partial charge in [0.1, 0.15) is 12.4 Å². The summed E-state index contributed by atoms with van der Waals surface area (Å²) < 4.78 is 15.9. The molecule has 1 amide bonds. The summed E-state index contributed by atoms with van der Waals surface area (Å²) in [5, 5.41) is 7.34. The van der Waals surface area contributed by atoms with E-state index in [1.54, 1.807) is 15.8 Å². The molecule has 1 N–H and O–H groups in total. The number of aliphatic imine (C=N–C) groups is 1. The molecule has 0 bridgehead atoms. The van der Waals surface area contributed by atoms with Gasteiger partial charge in [0.25, 0.3) is 0 Å². The lowest BCUT2D eigenvalue weighted by molar-refractivity contribution is -0.120. The van der Waals surface area contributed by atoms with E-state index in [1.807, 2.05) is 31.1 Å². The maximum Gasteiger partial charge on any atom is 0.246 e. The van der Waals surface area contributed by atoms with Crippen LogP contribution in [-0.2, 0) is 18.4 Å². The van der Waals surface area contributed by atoms with E-state index in [0.717, 1.165) is 11.3 Å². The molecule has 1 saturated heterocycles. The molecule has 1 aromatic heterocycles. The van der Waals surface area contributed by atoms with Gasteiger partial charge in [-0.25, -0.2) is 9.38 Å². The summed E-state index contributed by atoms with van der Waals surface area (Å²) in [4.78, 5) is 20.8. The second-order valence-electron chi connectivity index (χ2n) is 6.29. The Balaban J connectivity index is 1.70. The molecule has 1 aliphatic heterocycles. The number of guanidine groups is 1. The lowest BCUT2D eigenvalue weighted by Gasteiger charge is -2.35. The Labute approximate surface area is 166 Å². The lowest BCUT2D eigenvalue weighted by atomic mass is 10.2. The predicted octanol–water partition coefficient (Wildman–Crippen LogP) is 2.14. The van der Waals surface area contributed by atoms with Crippen LogP contribution in [0.1, 0.15) is 12.5 Å². The van der Waals surface area contributed by atoms with Crippen molar-refractivity contribution in [1.29, 1.82) is 0 Å². The van der Waals surface area contributed by atoms with Crippen LogP contribution in [0.4, 0.5) is 10.1 Å². The number of hydrogen-bond acceptors (Lipinski definition) is 3. The van der Waals surface area contributed by atoms with Crippen molar-refractivity contribution in [3.63, 3.8) is 0 Å². The number of nitrogens with zero attached hydrogens (tertiary/aromatic N) is 5. The molecule has 0 aliphatic carbocycles. The Bertz CT molecular complexity index is 832. The summed E-state index contributed by atoms with van der Waals surface area (Å²) in [5.41, 5.74) is 1.56. The predicted molar refractivity (Wildman–Crippen MR) is 106 cm³/mol. The third-order valence-electron chi connectivity index (χ3n) is 4.19. The number of benzene rings is 1. The van der Waals surface area contributed by atoms with Crippen LogP contribution in [0.25, 0.3) is 0 Å². The van der Waals surface area contributed by atoms with E-state index in [-0.39, 0.29) is 18.3 Å². The van der Waals surface area contributed by atoms with Gasteiger partial charge in [-0.15, -0.1) is 0 Å². The van der Waals surface area contributed by atoms with Crippen molar-refractivity contribution >= 4 is 33.5 Å². The molecule has 27 heavy (non-hydrogen) atoms. The number of aromatic nitrogens is 2. The maximum absolute atomic E-state index is 13.6. The van der Waals surface area contributed by atoms with Gasteiger partial charge in [-0.05, 0) is 30.7 Å². The van der Waals surface area contributed by atoms with Crippen molar-refractivity contribution in [3.05, 3.63) is 46.4 Å². The van der Waals surface area contributed by atoms with Gasteiger partial charge >= 0.3 is 0 Å². The fraction of sp³-hybridized carbons (Fsp3) is 0.389. The number of anilines is 1. The first-order chi connectivity index (χ1) is 13.0. The molecule has 0 spiro atoms. The normalized spacial score (nSPS) is 15.4. The third kappa shape index (κ3) is 4.85. The highest BCUT2D eigenvalue weighted by atomic mass is 79.9. The summed E-state index contributed by atoms with van der Waals surface area (Å²) in [6.45, 7) is 4.42. The molecule has 1 aromatic carbocycles. The molecule has 1 fully saturated rings. The van der Waals surface area contributed by atoms with E-state index in [1.165, 1.54) is 12.1 Å². The van der Waals surface area contributed by atoms with Crippen molar-refractivity contribution in [2.75, 3.05) is 31.1 Å². The molecular weight excluding hydrogens is 415 g/mol. The van der Waals surface area contributed by atoms with Gasteiger partial charge < -0.3 is 15.1 Å². The SMILES string of the molecule is CCNC(=NCc1cc(F)cc(Br)c1)N1CCN(c2cnn(C)c2)C(=O)C1. The second-order valence-corrected chi connectivity index (χ2v) is 7.20. The Kier molecular flexibility index (Phi) is 6.10. The van der Waals surface area contributed by atoms with E-state index in [0.29, 0.717) is 36.6 Å². The standard InChI is InChI=1S/C18H22BrFN6O/c1-3-21-18(22-9-13-6-14(19)8-15(20)7-13)25-4-5-26(17(27)12-25)16-10-23-24(2)11-16/h6-8,10-11H,3-5,9,12H2,1-2H3,(H,21,22). The van der Waals surface area contributed by atoms with Crippen LogP contribution in [0.2, 0.25) is 0 Å². The summed E-state index contributed by atoms with van der Waals surface area (Å²) in [7, 11) is 1.82. The zero-order valence-corrected chi connectivity index (χ0v) is 16.9. The number of nitrogens with one attached hydrogen (secondary N) is 1. The fourth-order valence-corrected chi connectivity index (χ4v) is 3.48. The highest BCUT2D eigenvalue weighted by molar-refractivity contribution is 9.10. The molecule has 3 rings (SSSR count). The zero-order valence-electron chi connectivity index (χ0n) is 15.3. The zero-order chi connectivity index (χ0) is 19.4. The van der Waals surface area contributed by atoms with E-state index in [2.05, 4.69) is 31.3 Å². The van der Waals surface area contributed by atoms with Gasteiger partial charge in [-0.1, -0.05) is 15.9 Å². The smallest absolute Gasteiger partial charge is 0.246 e. The molecule has 0 atom stereocenters. The summed E-state index contributed by atoms with van der Waals surface area (Å²) in [5.74, 6) is 0.338. The molecule has 2 heterocycles. The number of rotatable bonds is 4. The Morgan fingerprint density at radius 3 is 2.81 bits per heavy atom. The number of carbonyl (C=O) groups excluding carboxylic acids is 1. The minimum absolute atomic E-state index is 0.00615. The molecule has 7 nitrogen and oxygen atoms in total. The van der Waals surface area contributed by atoms with Crippen LogP contribution in [0.5, 0.6) is 0 Å². The van der Waals surface area contributed by atoms with Crippen molar-refractivity contribution in [3.8, 4) is 0 Å². The summed E-state index contributed by atoms with van der Waals surface area (Å²) in [6.07, 6.45) is 3.52. The van der Waals surface area contributed by atoms with E-state index < -0.39 is 0 Å². The van der Waals surface area contributed by atoms with E-state index in [4.69, 9.17) is 0 Å². The Morgan fingerprint density at radius 1 is 1.37 bits per heavy atom. The highest BCUT2D eigenvalue weighted by Gasteiger charge is 2.27. The van der Waals surface area contributed by atoms with Crippen molar-refractivity contribution in [2.45, 2.75) is 13.5 Å². The molecule has 0 saturated carbocycles. The van der Waals surface area contributed by atoms with Crippen LogP contribution in [0.3, 0.4) is 0 Å². The lowest BCUT2D eigenvalue weighted by Crippen LogP contribution is -2.55. The van der Waals surface area contributed by atoms with Gasteiger partial charge in [0.2, 0.25) is 5.91 Å². The number of hydrogen-bond donors (Lipinski definition) is 1. The maximum atomic E-state index is 13.6. The van der Waals surface area contributed by atoms with E-state index >= 15 is 0 Å². The van der Waals surface area contributed by atoms with Crippen LogP contribution in [0, 0.1) is 5.82 Å². The fourth-order valence-electron chi connectivity index (χ4n) is 2.97. The number of halogens is 2.